The van der Waals surface area contributed by atoms with Crippen molar-refractivity contribution in [1.82, 2.24) is 4.98 Å². The van der Waals surface area contributed by atoms with Gasteiger partial charge in [0.25, 0.3) is 0 Å². The number of nitrogens with zero attached hydrogens (tertiary/aromatic N) is 2. The van der Waals surface area contributed by atoms with Crippen LogP contribution in [0.1, 0.15) is 45.6 Å². The molecule has 21 heavy (non-hydrogen) atoms. The van der Waals surface area contributed by atoms with Crippen molar-refractivity contribution in [3.8, 4) is 0 Å². The fourth-order valence-corrected chi connectivity index (χ4v) is 3.37. The number of nitrogen functional groups attached to an aromatic ring is 1. The first-order chi connectivity index (χ1) is 9.80. The van der Waals surface area contributed by atoms with Gasteiger partial charge in [0.05, 0.1) is 5.02 Å². The molecule has 4 nitrogen and oxygen atoms in total. The molecular weight excluding hydrogens is 284 g/mol. The number of anilines is 1. The van der Waals surface area contributed by atoms with E-state index in [0.717, 1.165) is 37.7 Å². The quantitative estimate of drug-likeness (QED) is 0.647. The van der Waals surface area contributed by atoms with Crippen LogP contribution in [0.2, 0.25) is 5.02 Å². The topological polar surface area (TPSA) is 66.0 Å². The molecule has 0 amide bonds. The predicted octanol–water partition coefficient (Wildman–Crippen LogP) is 3.67. The third-order valence-corrected chi connectivity index (χ3v) is 4.79. The molecule has 0 aromatic carbocycles. The van der Waals surface area contributed by atoms with Gasteiger partial charge < -0.3 is 10.6 Å². The number of pyridine rings is 1. The van der Waals surface area contributed by atoms with Crippen molar-refractivity contribution in [3.63, 3.8) is 0 Å². The maximum atomic E-state index is 7.59. The predicted molar refractivity (Wildman–Crippen MR) is 89.3 cm³/mol. The zero-order valence-electron chi connectivity index (χ0n) is 13.1. The van der Waals surface area contributed by atoms with Gasteiger partial charge in [-0.3, -0.25) is 5.41 Å². The number of halogens is 1. The summed E-state index contributed by atoms with van der Waals surface area (Å²) in [7, 11) is 0. The second kappa shape index (κ2) is 6.22. The Morgan fingerprint density at radius 3 is 2.71 bits per heavy atom. The van der Waals surface area contributed by atoms with E-state index in [4.69, 9.17) is 22.7 Å². The Labute approximate surface area is 132 Å². The van der Waals surface area contributed by atoms with Gasteiger partial charge in [0.2, 0.25) is 0 Å². The van der Waals surface area contributed by atoms with Crippen LogP contribution >= 0.6 is 11.6 Å². The van der Waals surface area contributed by atoms with Crippen LogP contribution in [0.25, 0.3) is 0 Å². The first kappa shape index (κ1) is 16.1. The Morgan fingerprint density at radius 2 is 2.10 bits per heavy atom. The first-order valence-corrected chi connectivity index (χ1v) is 7.92. The van der Waals surface area contributed by atoms with Crippen molar-refractivity contribution in [2.75, 3.05) is 18.0 Å². The van der Waals surface area contributed by atoms with Crippen molar-refractivity contribution < 1.29 is 0 Å². The number of rotatable bonds is 2. The number of hydrogen-bond acceptors (Lipinski definition) is 3. The summed E-state index contributed by atoms with van der Waals surface area (Å²) in [5.41, 5.74) is 6.49. The second-order valence-electron chi connectivity index (χ2n) is 6.89. The monoisotopic (exact) mass is 308 g/mol. The number of aromatic nitrogens is 1. The van der Waals surface area contributed by atoms with Gasteiger partial charge in [-0.2, -0.15) is 0 Å². The molecule has 1 fully saturated rings. The fourth-order valence-electron chi connectivity index (χ4n) is 3.04. The Hall–Kier alpha value is -1.29. The fraction of sp³-hybridized carbons (Fsp3) is 0.625. The van der Waals surface area contributed by atoms with Crippen LogP contribution in [-0.4, -0.2) is 23.9 Å². The van der Waals surface area contributed by atoms with E-state index < -0.39 is 0 Å². The molecule has 0 spiro atoms. The summed E-state index contributed by atoms with van der Waals surface area (Å²) in [6, 6.07) is 1.70. The summed E-state index contributed by atoms with van der Waals surface area (Å²) >= 11 is 6.39. The summed E-state index contributed by atoms with van der Waals surface area (Å²) in [5.74, 6) is 1.47. The molecule has 1 aliphatic rings. The summed E-state index contributed by atoms with van der Waals surface area (Å²) in [5, 5.41) is 8.09. The van der Waals surface area contributed by atoms with E-state index in [1.165, 1.54) is 6.42 Å². The average Bonchev–Trinajstić information content (AvgIpc) is 2.64. The Balaban J connectivity index is 2.20. The van der Waals surface area contributed by atoms with Crippen LogP contribution in [0.15, 0.2) is 12.3 Å². The zero-order chi connectivity index (χ0) is 15.6. The lowest BCUT2D eigenvalue weighted by molar-refractivity contribution is 0.220. The molecule has 5 heteroatoms. The lowest BCUT2D eigenvalue weighted by Gasteiger charge is -2.30. The Kier molecular flexibility index (Phi) is 4.77. The van der Waals surface area contributed by atoms with E-state index >= 15 is 0 Å². The molecule has 1 saturated heterocycles. The van der Waals surface area contributed by atoms with Gasteiger partial charge in [-0.1, -0.05) is 32.4 Å². The summed E-state index contributed by atoms with van der Waals surface area (Å²) in [6.07, 6.45) is 5.21. The summed E-state index contributed by atoms with van der Waals surface area (Å²) < 4.78 is 0. The van der Waals surface area contributed by atoms with Gasteiger partial charge in [0.15, 0.2) is 0 Å². The molecule has 3 N–H and O–H groups in total. The summed E-state index contributed by atoms with van der Waals surface area (Å²) in [6.45, 7) is 8.86. The third kappa shape index (κ3) is 3.67. The molecular formula is C16H25ClN4. The Morgan fingerprint density at radius 1 is 1.38 bits per heavy atom. The van der Waals surface area contributed by atoms with E-state index in [0.29, 0.717) is 16.0 Å². The zero-order valence-corrected chi connectivity index (χ0v) is 13.9. The molecule has 1 atom stereocenters. The molecule has 0 radical (unpaired) electrons. The highest BCUT2D eigenvalue weighted by Gasteiger charge is 2.28. The minimum atomic E-state index is -0.00830. The molecule has 1 aromatic rings. The maximum absolute atomic E-state index is 7.59. The highest BCUT2D eigenvalue weighted by atomic mass is 35.5. The molecule has 1 aromatic heterocycles. The first-order valence-electron chi connectivity index (χ1n) is 7.54. The highest BCUT2D eigenvalue weighted by Crippen LogP contribution is 2.36. The van der Waals surface area contributed by atoms with Gasteiger partial charge in [0.1, 0.15) is 11.7 Å². The minimum absolute atomic E-state index is 0.00830. The number of nitrogens with two attached hydrogens (primary N) is 1. The van der Waals surface area contributed by atoms with E-state index in [1.54, 1.807) is 12.3 Å². The molecule has 0 saturated carbocycles. The highest BCUT2D eigenvalue weighted by molar-refractivity contribution is 6.36. The average molecular weight is 309 g/mol. The molecule has 1 aliphatic heterocycles. The van der Waals surface area contributed by atoms with Crippen molar-refractivity contribution in [3.05, 3.63) is 22.8 Å². The van der Waals surface area contributed by atoms with Crippen LogP contribution < -0.4 is 10.6 Å². The van der Waals surface area contributed by atoms with E-state index in [9.17, 15) is 0 Å². The molecule has 1 unspecified atom stereocenters. The Bertz CT molecular complexity index is 521. The summed E-state index contributed by atoms with van der Waals surface area (Å²) in [4.78, 5) is 6.65. The van der Waals surface area contributed by atoms with Crippen molar-refractivity contribution in [2.24, 2.45) is 17.1 Å². The van der Waals surface area contributed by atoms with E-state index in [-0.39, 0.29) is 5.84 Å². The number of hydrogen-bond donors (Lipinski definition) is 2. The van der Waals surface area contributed by atoms with Gasteiger partial charge in [0, 0.05) is 24.8 Å². The van der Waals surface area contributed by atoms with Crippen LogP contribution in [0.3, 0.4) is 0 Å². The normalized spacial score (nSPS) is 20.2. The van der Waals surface area contributed by atoms with Gasteiger partial charge >= 0.3 is 0 Å². The molecule has 2 rings (SSSR count). The maximum Gasteiger partial charge on any atom is 0.148 e. The van der Waals surface area contributed by atoms with Gasteiger partial charge in [-0.25, -0.2) is 4.98 Å². The van der Waals surface area contributed by atoms with Gasteiger partial charge in [-0.05, 0) is 36.7 Å². The van der Waals surface area contributed by atoms with Crippen LogP contribution in [0.5, 0.6) is 0 Å². The molecule has 2 heterocycles. The molecule has 0 bridgehead atoms. The van der Waals surface area contributed by atoms with Crippen molar-refractivity contribution >= 4 is 23.3 Å². The molecule has 116 valence electrons. The smallest absolute Gasteiger partial charge is 0.148 e. The third-order valence-electron chi connectivity index (χ3n) is 4.41. The van der Waals surface area contributed by atoms with E-state index in [1.807, 2.05) is 0 Å². The van der Waals surface area contributed by atoms with Crippen LogP contribution in [0.4, 0.5) is 5.82 Å². The standard InChI is InChI=1S/C16H25ClN4/c1-16(2,3)11-5-4-9-21(10-7-11)15-13(17)12(14(18)19)6-8-20-15/h6,8,11H,4-5,7,9-10H2,1-3H3,(H3,18,19). The number of nitrogens with one attached hydrogen (secondary N) is 1. The van der Waals surface area contributed by atoms with Crippen LogP contribution in [-0.2, 0) is 0 Å². The van der Waals surface area contributed by atoms with E-state index in [2.05, 4.69) is 30.7 Å². The lowest BCUT2D eigenvalue weighted by atomic mass is 9.77. The van der Waals surface area contributed by atoms with Crippen molar-refractivity contribution in [1.29, 1.82) is 5.41 Å². The number of amidine groups is 1. The SMILES string of the molecule is CC(C)(C)C1CCCN(c2nccc(C(=N)N)c2Cl)CC1. The lowest BCUT2D eigenvalue weighted by Crippen LogP contribution is -2.27. The molecule has 0 aliphatic carbocycles. The minimum Gasteiger partial charge on any atom is -0.384 e. The van der Waals surface area contributed by atoms with Crippen LogP contribution in [0, 0.1) is 16.7 Å². The second-order valence-corrected chi connectivity index (χ2v) is 7.27. The van der Waals surface area contributed by atoms with Gasteiger partial charge in [-0.15, -0.1) is 0 Å². The van der Waals surface area contributed by atoms with Crippen molar-refractivity contribution in [2.45, 2.75) is 40.0 Å². The largest absolute Gasteiger partial charge is 0.384 e.